The molecular formula is C12H10F3NO2S. The maximum absolute atomic E-state index is 12.5. The van der Waals surface area contributed by atoms with Gasteiger partial charge in [0, 0.05) is 4.90 Å². The van der Waals surface area contributed by atoms with E-state index in [1.165, 1.54) is 0 Å². The Hall–Kier alpha value is -1.68. The van der Waals surface area contributed by atoms with Gasteiger partial charge >= 0.3 is 12.1 Å². The Morgan fingerprint density at radius 1 is 1.53 bits per heavy atom. The van der Waals surface area contributed by atoms with Crippen LogP contribution in [0.3, 0.4) is 0 Å². The van der Waals surface area contributed by atoms with E-state index >= 15 is 0 Å². The lowest BCUT2D eigenvalue weighted by Gasteiger charge is -2.12. The predicted molar refractivity (Wildman–Crippen MR) is 63.7 cm³/mol. The first-order chi connectivity index (χ1) is 8.79. The Morgan fingerprint density at radius 2 is 2.16 bits per heavy atom. The Bertz CT molecular complexity index is 523. The number of nitriles is 1. The fourth-order valence-electron chi connectivity index (χ4n) is 1.36. The van der Waals surface area contributed by atoms with Crippen LogP contribution in [0.4, 0.5) is 13.2 Å². The predicted octanol–water partition coefficient (Wildman–Crippen LogP) is 3.53. The minimum Gasteiger partial charge on any atom is -0.480 e. The van der Waals surface area contributed by atoms with Crippen LogP contribution >= 0.6 is 11.8 Å². The van der Waals surface area contributed by atoms with Crippen LogP contribution in [0.25, 0.3) is 0 Å². The third kappa shape index (κ3) is 3.89. The molecule has 0 fully saturated rings. The normalized spacial score (nSPS) is 12.8. The van der Waals surface area contributed by atoms with Crippen LogP contribution in [-0.2, 0) is 11.0 Å². The lowest BCUT2D eigenvalue weighted by Crippen LogP contribution is -2.15. The molecule has 102 valence electrons. The number of thioether (sulfide) groups is 1. The van der Waals surface area contributed by atoms with E-state index in [0.29, 0.717) is 6.42 Å². The van der Waals surface area contributed by atoms with Gasteiger partial charge in [0.05, 0.1) is 11.1 Å². The Balaban J connectivity index is 3.11. The summed E-state index contributed by atoms with van der Waals surface area (Å²) < 4.78 is 37.4. The Morgan fingerprint density at radius 3 is 2.58 bits per heavy atom. The lowest BCUT2D eigenvalue weighted by atomic mass is 10.1. The fraction of sp³-hybridized carbons (Fsp3) is 0.333. The first-order valence-corrected chi connectivity index (χ1v) is 6.18. The second-order valence-corrected chi connectivity index (χ2v) is 4.92. The van der Waals surface area contributed by atoms with Gasteiger partial charge in [-0.2, -0.15) is 18.4 Å². The van der Waals surface area contributed by atoms with Gasteiger partial charge in [0.2, 0.25) is 0 Å². The van der Waals surface area contributed by atoms with Gasteiger partial charge in [-0.1, -0.05) is 6.92 Å². The first-order valence-electron chi connectivity index (χ1n) is 5.30. The summed E-state index contributed by atoms with van der Waals surface area (Å²) in [6.07, 6.45) is -4.21. The molecule has 3 nitrogen and oxygen atoms in total. The fourth-order valence-corrected chi connectivity index (χ4v) is 2.31. The number of hydrogen-bond donors (Lipinski definition) is 1. The van der Waals surface area contributed by atoms with Crippen molar-refractivity contribution in [3.05, 3.63) is 29.3 Å². The van der Waals surface area contributed by atoms with E-state index in [4.69, 9.17) is 10.4 Å². The molecule has 0 heterocycles. The van der Waals surface area contributed by atoms with E-state index in [1.807, 2.05) is 0 Å². The number of nitrogens with zero attached hydrogens (tertiary/aromatic N) is 1. The molecule has 7 heteroatoms. The van der Waals surface area contributed by atoms with Gasteiger partial charge < -0.3 is 5.11 Å². The van der Waals surface area contributed by atoms with Gasteiger partial charge in [0.25, 0.3) is 0 Å². The van der Waals surface area contributed by atoms with E-state index in [0.717, 1.165) is 30.0 Å². The van der Waals surface area contributed by atoms with Crippen LogP contribution in [0, 0.1) is 11.3 Å². The molecule has 0 aromatic heterocycles. The van der Waals surface area contributed by atoms with E-state index < -0.39 is 23.0 Å². The maximum atomic E-state index is 12.5. The third-order valence-electron chi connectivity index (χ3n) is 2.34. The largest absolute Gasteiger partial charge is 0.480 e. The van der Waals surface area contributed by atoms with Gasteiger partial charge in [0.1, 0.15) is 11.3 Å². The number of alkyl halides is 3. The van der Waals surface area contributed by atoms with Gasteiger partial charge in [-0.3, -0.25) is 4.79 Å². The summed E-state index contributed by atoms with van der Waals surface area (Å²) in [5.74, 6) is -1.06. The number of carboxylic acids is 1. The lowest BCUT2D eigenvalue weighted by molar-refractivity contribution is -0.138. The number of benzene rings is 1. The second-order valence-electron chi connectivity index (χ2n) is 3.67. The molecule has 0 aliphatic carbocycles. The minimum absolute atomic E-state index is 0.167. The van der Waals surface area contributed by atoms with E-state index in [1.54, 1.807) is 13.0 Å². The molecule has 0 saturated carbocycles. The molecule has 0 aliphatic heterocycles. The van der Waals surface area contributed by atoms with Crippen LogP contribution in [0.1, 0.15) is 24.5 Å². The van der Waals surface area contributed by atoms with E-state index in [-0.39, 0.29) is 10.5 Å². The summed E-state index contributed by atoms with van der Waals surface area (Å²) >= 11 is 0.878. The minimum atomic E-state index is -4.52. The maximum Gasteiger partial charge on any atom is 0.416 e. The highest BCUT2D eigenvalue weighted by Gasteiger charge is 2.31. The van der Waals surface area contributed by atoms with Crippen LogP contribution in [0.2, 0.25) is 0 Å². The molecule has 1 aromatic carbocycles. The number of aliphatic carboxylic acids is 1. The van der Waals surface area contributed by atoms with Gasteiger partial charge in [0.15, 0.2) is 0 Å². The van der Waals surface area contributed by atoms with Gasteiger partial charge in [-0.05, 0) is 24.6 Å². The topological polar surface area (TPSA) is 61.1 Å². The smallest absolute Gasteiger partial charge is 0.416 e. The van der Waals surface area contributed by atoms with Crippen molar-refractivity contribution < 1.29 is 23.1 Å². The molecule has 19 heavy (non-hydrogen) atoms. The molecule has 0 amide bonds. The van der Waals surface area contributed by atoms with Crippen molar-refractivity contribution >= 4 is 17.7 Å². The number of carbonyl (C=O) groups is 1. The molecule has 1 rings (SSSR count). The van der Waals surface area contributed by atoms with Crippen LogP contribution in [0.15, 0.2) is 23.1 Å². The van der Waals surface area contributed by atoms with Crippen molar-refractivity contribution in [2.45, 2.75) is 29.7 Å². The van der Waals surface area contributed by atoms with Gasteiger partial charge in [-0.25, -0.2) is 0 Å². The first kappa shape index (κ1) is 15.4. The van der Waals surface area contributed by atoms with Crippen molar-refractivity contribution in [3.8, 4) is 6.07 Å². The highest BCUT2D eigenvalue weighted by molar-refractivity contribution is 8.00. The number of rotatable bonds is 4. The zero-order valence-corrected chi connectivity index (χ0v) is 10.7. The van der Waals surface area contributed by atoms with Crippen molar-refractivity contribution in [3.63, 3.8) is 0 Å². The highest BCUT2D eigenvalue weighted by Crippen LogP contribution is 2.34. The van der Waals surface area contributed by atoms with Crippen LogP contribution in [-0.4, -0.2) is 16.3 Å². The molecule has 1 unspecified atom stereocenters. The average Bonchev–Trinajstić information content (AvgIpc) is 2.34. The molecule has 1 atom stereocenters. The quantitative estimate of drug-likeness (QED) is 0.861. The standard InChI is InChI=1S/C12H10F3NO2S/c1-2-9(11(17)18)19-10-4-3-8(12(13,14)15)5-7(10)6-16/h3-5,9H,2H2,1H3,(H,17,18). The SMILES string of the molecule is CCC(Sc1ccc(C(F)(F)F)cc1C#N)C(=O)O. The zero-order valence-electron chi connectivity index (χ0n) is 9.86. The highest BCUT2D eigenvalue weighted by atomic mass is 32.2. The average molecular weight is 289 g/mol. The van der Waals surface area contributed by atoms with Crippen LogP contribution in [0.5, 0.6) is 0 Å². The summed E-state index contributed by atoms with van der Waals surface area (Å²) in [7, 11) is 0. The van der Waals surface area contributed by atoms with Gasteiger partial charge in [-0.15, -0.1) is 11.8 Å². The summed E-state index contributed by atoms with van der Waals surface area (Å²) in [5, 5.41) is 17.0. The van der Waals surface area contributed by atoms with Crippen LogP contribution < -0.4 is 0 Å². The summed E-state index contributed by atoms with van der Waals surface area (Å²) in [4.78, 5) is 11.1. The molecule has 0 aliphatic rings. The summed E-state index contributed by atoms with van der Waals surface area (Å²) in [5.41, 5.74) is -1.09. The van der Waals surface area contributed by atoms with E-state index in [9.17, 15) is 18.0 Å². The molecule has 0 bridgehead atoms. The van der Waals surface area contributed by atoms with Crippen molar-refractivity contribution in [1.29, 1.82) is 5.26 Å². The summed E-state index contributed by atoms with van der Waals surface area (Å²) in [6.45, 7) is 1.65. The molecule has 0 spiro atoms. The molecule has 0 radical (unpaired) electrons. The van der Waals surface area contributed by atoms with Crippen molar-refractivity contribution in [2.24, 2.45) is 0 Å². The molecule has 1 aromatic rings. The number of carboxylic acid groups (broad SMARTS) is 1. The Kier molecular flexibility index (Phi) is 4.84. The van der Waals surface area contributed by atoms with E-state index in [2.05, 4.69) is 0 Å². The van der Waals surface area contributed by atoms with Crippen molar-refractivity contribution in [1.82, 2.24) is 0 Å². The molecular weight excluding hydrogens is 279 g/mol. The second kappa shape index (κ2) is 5.97. The number of hydrogen-bond acceptors (Lipinski definition) is 3. The number of halogens is 3. The monoisotopic (exact) mass is 289 g/mol. The van der Waals surface area contributed by atoms with Crippen molar-refractivity contribution in [2.75, 3.05) is 0 Å². The molecule has 0 saturated heterocycles. The molecule has 1 N–H and O–H groups in total. The summed E-state index contributed by atoms with van der Waals surface area (Å²) in [6, 6.07) is 4.38. The third-order valence-corrected chi connectivity index (χ3v) is 3.77. The zero-order chi connectivity index (χ0) is 14.6. The Labute approximate surface area is 112 Å².